The van der Waals surface area contributed by atoms with Gasteiger partial charge in [-0.25, -0.2) is 26.3 Å². The van der Waals surface area contributed by atoms with Crippen molar-refractivity contribution >= 4 is 27.2 Å². The second-order valence-corrected chi connectivity index (χ2v) is 13.9. The number of rotatable bonds is 3. The second-order valence-electron chi connectivity index (χ2n) is 13.9. The summed E-state index contributed by atoms with van der Waals surface area (Å²) >= 11 is 0. The monoisotopic (exact) mass is 701 g/mol. The van der Waals surface area contributed by atoms with Gasteiger partial charge in [0.05, 0.1) is 26.2 Å². The molecule has 2 aliphatic heterocycles. The van der Waals surface area contributed by atoms with Crippen LogP contribution in [0.5, 0.6) is 0 Å². The molecule has 258 valence electrons. The smallest absolute Gasteiger partial charge is 0.194 e. The maximum absolute atomic E-state index is 15.0. The summed E-state index contributed by atoms with van der Waals surface area (Å²) in [6, 6.07) is 33.7. The van der Waals surface area contributed by atoms with Crippen LogP contribution in [0, 0.1) is 34.9 Å². The molecule has 1 spiro atoms. The summed E-state index contributed by atoms with van der Waals surface area (Å²) in [5, 5.41) is 3.41. The molecule has 1 saturated heterocycles. The van der Waals surface area contributed by atoms with E-state index >= 15 is 0 Å². The highest BCUT2D eigenvalue weighted by Gasteiger charge is 2.40. The zero-order valence-corrected chi connectivity index (χ0v) is 27.9. The Morgan fingerprint density at radius 3 is 1.31 bits per heavy atom. The molecule has 0 bridgehead atoms. The average molecular weight is 702 g/mol. The van der Waals surface area contributed by atoms with Gasteiger partial charge in [0.15, 0.2) is 34.9 Å². The lowest BCUT2D eigenvalue weighted by Gasteiger charge is -2.45. The van der Waals surface area contributed by atoms with Crippen LogP contribution >= 0.6 is 0 Å². The van der Waals surface area contributed by atoms with E-state index in [0.29, 0.717) is 54.9 Å². The zero-order valence-electron chi connectivity index (χ0n) is 27.9. The van der Waals surface area contributed by atoms with Gasteiger partial charge in [0, 0.05) is 27.9 Å². The Balaban J connectivity index is 1.39. The molecule has 8 heteroatoms. The van der Waals surface area contributed by atoms with Crippen LogP contribution in [0.25, 0.3) is 54.9 Å². The molecule has 2 heterocycles. The molecule has 0 saturated carbocycles. The molecule has 7 aromatic carbocycles. The van der Waals surface area contributed by atoms with Gasteiger partial charge in [0.25, 0.3) is 0 Å². The third-order valence-electron chi connectivity index (χ3n) is 11.0. The van der Waals surface area contributed by atoms with Gasteiger partial charge in [-0.15, -0.1) is 0 Å². The van der Waals surface area contributed by atoms with Gasteiger partial charge < -0.3 is 9.38 Å². The van der Waals surface area contributed by atoms with Gasteiger partial charge in [-0.2, -0.15) is 0 Å². The molecule has 0 aliphatic carbocycles. The molecule has 0 N–H and O–H groups in total. The quantitative estimate of drug-likeness (QED) is 0.101. The van der Waals surface area contributed by atoms with Crippen molar-refractivity contribution in [2.45, 2.75) is 13.1 Å². The maximum atomic E-state index is 15.0. The van der Waals surface area contributed by atoms with Crippen LogP contribution in [0.2, 0.25) is 0 Å². The number of nitrogens with zero attached hydrogens (tertiary/aromatic N) is 2. The topological polar surface area (TPSA) is 3.24 Å². The molecule has 9 rings (SSSR count). The second kappa shape index (κ2) is 12.3. The molecule has 2 nitrogen and oxygen atoms in total. The van der Waals surface area contributed by atoms with E-state index in [2.05, 4.69) is 17.0 Å². The van der Waals surface area contributed by atoms with Crippen molar-refractivity contribution in [3.05, 3.63) is 161 Å². The predicted octanol–water partition coefficient (Wildman–Crippen LogP) is 11.2. The predicted molar refractivity (Wildman–Crippen MR) is 194 cm³/mol. The van der Waals surface area contributed by atoms with Crippen LogP contribution in [0.3, 0.4) is 0 Å². The van der Waals surface area contributed by atoms with Crippen LogP contribution in [0.4, 0.5) is 32.0 Å². The van der Waals surface area contributed by atoms with E-state index in [1.165, 1.54) is 0 Å². The van der Waals surface area contributed by atoms with Gasteiger partial charge in [-0.3, -0.25) is 0 Å². The number of benzene rings is 7. The third kappa shape index (κ3) is 5.23. The van der Waals surface area contributed by atoms with Crippen LogP contribution < -0.4 is 4.90 Å². The summed E-state index contributed by atoms with van der Waals surface area (Å²) in [6.07, 6.45) is 0. The Labute approximate surface area is 296 Å². The molecule has 0 atom stereocenters. The zero-order chi connectivity index (χ0) is 35.7. The Morgan fingerprint density at radius 2 is 0.865 bits per heavy atom. The maximum Gasteiger partial charge on any atom is 0.194 e. The van der Waals surface area contributed by atoms with Crippen molar-refractivity contribution in [2.75, 3.05) is 31.1 Å². The Bertz CT molecular complexity index is 2360. The van der Waals surface area contributed by atoms with Crippen molar-refractivity contribution in [2.24, 2.45) is 0 Å². The van der Waals surface area contributed by atoms with E-state index in [1.807, 2.05) is 78.9 Å². The summed E-state index contributed by atoms with van der Waals surface area (Å²) in [4.78, 5) is 2.33. The van der Waals surface area contributed by atoms with E-state index < -0.39 is 34.9 Å². The first-order valence-corrected chi connectivity index (χ1v) is 17.2. The van der Waals surface area contributed by atoms with Crippen molar-refractivity contribution in [1.29, 1.82) is 0 Å². The number of fused-ring (bicyclic) bond motifs is 7. The highest BCUT2D eigenvalue weighted by molar-refractivity contribution is 6.12. The summed E-state index contributed by atoms with van der Waals surface area (Å²) in [5.74, 6) is -8.18. The van der Waals surface area contributed by atoms with E-state index in [4.69, 9.17) is 0 Å². The lowest BCUT2D eigenvalue weighted by Crippen LogP contribution is -2.58. The molecule has 7 aromatic rings. The number of quaternary nitrogens is 1. The molecule has 52 heavy (non-hydrogen) atoms. The number of halogens is 6. The molecule has 1 fully saturated rings. The highest BCUT2D eigenvalue weighted by atomic mass is 19.2. The Morgan fingerprint density at radius 1 is 0.462 bits per heavy atom. The largest absolute Gasteiger partial charge is 0.360 e. The first-order valence-electron chi connectivity index (χ1n) is 17.2. The fraction of sp³-hybridized carbons (Fsp3) is 0.136. The van der Waals surface area contributed by atoms with Gasteiger partial charge in [0.1, 0.15) is 13.1 Å². The van der Waals surface area contributed by atoms with Crippen LogP contribution in [-0.2, 0) is 13.1 Å². The van der Waals surface area contributed by atoms with E-state index in [1.54, 1.807) is 0 Å². The first kappa shape index (κ1) is 32.3. The van der Waals surface area contributed by atoms with E-state index in [0.717, 1.165) is 73.8 Å². The van der Waals surface area contributed by atoms with E-state index in [9.17, 15) is 26.3 Å². The van der Waals surface area contributed by atoms with Gasteiger partial charge in [0.2, 0.25) is 0 Å². The lowest BCUT2D eigenvalue weighted by atomic mass is 9.82. The lowest BCUT2D eigenvalue weighted by molar-refractivity contribution is -0.953. The number of hydrogen-bond donors (Lipinski definition) is 0. The van der Waals surface area contributed by atoms with Crippen LogP contribution in [0.1, 0.15) is 11.1 Å². The van der Waals surface area contributed by atoms with Crippen molar-refractivity contribution in [3.8, 4) is 33.4 Å². The standard InChI is InChI=1S/C44H31F6N2/c45-37-20-28(21-38(46)43(37)49)33-18-26-8-4-6-12-31(26)41-35(33)24-52(16-14-51(15-17-52)30-10-2-1-3-11-30)25-36-34(29-22-39(47)44(50)40(48)23-29)19-27-9-5-7-13-32(27)42(36)41/h1-13,18-23H,14-17,24-25H2/q+1. The van der Waals surface area contributed by atoms with E-state index in [-0.39, 0.29) is 11.1 Å². The van der Waals surface area contributed by atoms with Crippen LogP contribution in [-0.4, -0.2) is 30.7 Å². The number of para-hydroxylation sites is 1. The highest BCUT2D eigenvalue weighted by Crippen LogP contribution is 2.50. The summed E-state index contributed by atoms with van der Waals surface area (Å²) < 4.78 is 89.2. The first-order chi connectivity index (χ1) is 25.2. The minimum absolute atomic E-state index is 0.214. The minimum Gasteiger partial charge on any atom is -0.360 e. The third-order valence-corrected chi connectivity index (χ3v) is 11.0. The fourth-order valence-corrected chi connectivity index (χ4v) is 8.45. The summed E-state index contributed by atoms with van der Waals surface area (Å²) in [5.41, 5.74) is 6.06. The summed E-state index contributed by atoms with van der Waals surface area (Å²) in [6.45, 7) is 3.72. The Kier molecular flexibility index (Phi) is 7.63. The number of anilines is 1. The van der Waals surface area contributed by atoms with Crippen molar-refractivity contribution < 1.29 is 30.8 Å². The number of hydrogen-bond acceptors (Lipinski definition) is 1. The van der Waals surface area contributed by atoms with Gasteiger partial charge in [-0.05, 0) is 92.3 Å². The molecular formula is C44H31F6N2+. The molecule has 0 radical (unpaired) electrons. The molecule has 0 amide bonds. The SMILES string of the molecule is Fc1cc(-c2cc3ccccc3c3c2C[N+]2(CCN(c4ccccc4)CC2)Cc2c(-c4cc(F)c(F)c(F)c4)cc4ccccc4c2-3)cc(F)c1F. The molecule has 2 aliphatic rings. The van der Waals surface area contributed by atoms with Gasteiger partial charge in [-0.1, -0.05) is 66.7 Å². The van der Waals surface area contributed by atoms with Gasteiger partial charge >= 0.3 is 0 Å². The summed E-state index contributed by atoms with van der Waals surface area (Å²) in [7, 11) is 0. The minimum atomic E-state index is -1.53. The van der Waals surface area contributed by atoms with Crippen LogP contribution in [0.15, 0.2) is 115 Å². The molecular weight excluding hydrogens is 670 g/mol. The fourth-order valence-electron chi connectivity index (χ4n) is 8.45. The number of piperazine rings is 1. The average Bonchev–Trinajstić information content (AvgIpc) is 3.30. The van der Waals surface area contributed by atoms with Crippen molar-refractivity contribution in [3.63, 3.8) is 0 Å². The Hall–Kier alpha value is -5.60. The molecule has 0 unspecified atom stereocenters. The molecule has 0 aromatic heterocycles. The normalized spacial score (nSPS) is 15.2. The van der Waals surface area contributed by atoms with Crippen molar-refractivity contribution in [1.82, 2.24) is 0 Å².